The number of fused-ring (bicyclic) bond motifs is 1. The number of pyridine rings is 1. The molecule has 4 atom stereocenters. The van der Waals surface area contributed by atoms with Crippen LogP contribution in [0.5, 0.6) is 11.8 Å². The highest BCUT2D eigenvalue weighted by Gasteiger charge is 2.47. The molecule has 0 aromatic carbocycles. The fourth-order valence-electron chi connectivity index (χ4n) is 5.47. The van der Waals surface area contributed by atoms with Crippen LogP contribution >= 0.6 is 0 Å². The number of carboxylic acids is 1. The smallest absolute Gasteiger partial charge is 0.317 e. The van der Waals surface area contributed by atoms with E-state index in [0.717, 1.165) is 42.8 Å². The first-order valence-electron chi connectivity index (χ1n) is 12.1. The summed E-state index contributed by atoms with van der Waals surface area (Å²) in [4.78, 5) is 24.8. The van der Waals surface area contributed by atoms with E-state index in [4.69, 9.17) is 19.2 Å². The lowest BCUT2D eigenvalue weighted by Crippen LogP contribution is -2.21. The first kappa shape index (κ1) is 24.1. The number of aryl methyl sites for hydroxylation is 2. The largest absolute Gasteiger partial charge is 0.489 e. The average Bonchev–Trinajstić information content (AvgIpc) is 3.53. The second kappa shape index (κ2) is 10.2. The van der Waals surface area contributed by atoms with Crippen molar-refractivity contribution in [3.05, 3.63) is 41.5 Å². The second-order valence-corrected chi connectivity index (χ2v) is 9.50. The van der Waals surface area contributed by atoms with Crippen LogP contribution in [0, 0.1) is 24.7 Å². The van der Waals surface area contributed by atoms with Crippen molar-refractivity contribution in [3.63, 3.8) is 0 Å². The van der Waals surface area contributed by atoms with Crippen LogP contribution in [0.2, 0.25) is 0 Å². The number of aromatic nitrogens is 6. The number of carbonyl (C=O) groups is 1. The van der Waals surface area contributed by atoms with Crippen LogP contribution in [0.3, 0.4) is 0 Å². The quantitative estimate of drug-likeness (QED) is 0.473. The molecule has 2 aliphatic carbocycles. The van der Waals surface area contributed by atoms with Crippen molar-refractivity contribution in [2.45, 2.75) is 51.9 Å². The molecule has 2 fully saturated rings. The molecule has 11 heteroatoms. The Morgan fingerprint density at radius 1 is 1.17 bits per heavy atom. The third-order valence-electron chi connectivity index (χ3n) is 7.23. The number of aliphatic carboxylic acids is 1. The number of methoxy groups -OCH3 is 1. The molecule has 11 nitrogen and oxygen atoms in total. The van der Waals surface area contributed by atoms with E-state index in [0.29, 0.717) is 29.7 Å². The van der Waals surface area contributed by atoms with Crippen LogP contribution in [0.25, 0.3) is 11.4 Å². The van der Waals surface area contributed by atoms with Gasteiger partial charge in [0.05, 0.1) is 35.7 Å². The zero-order valence-corrected chi connectivity index (χ0v) is 20.6. The van der Waals surface area contributed by atoms with Crippen molar-refractivity contribution in [1.29, 1.82) is 0 Å². The van der Waals surface area contributed by atoms with Gasteiger partial charge in [0.2, 0.25) is 0 Å². The van der Waals surface area contributed by atoms with Crippen molar-refractivity contribution >= 4 is 5.97 Å². The van der Waals surface area contributed by atoms with E-state index >= 15 is 0 Å². The topological polar surface area (TPSA) is 134 Å². The van der Waals surface area contributed by atoms with Gasteiger partial charge in [-0.3, -0.25) is 4.79 Å². The van der Waals surface area contributed by atoms with Gasteiger partial charge in [-0.2, -0.15) is 4.98 Å². The Kier molecular flexibility index (Phi) is 6.82. The molecule has 0 saturated heterocycles. The van der Waals surface area contributed by atoms with Crippen LogP contribution in [0.15, 0.2) is 24.4 Å². The van der Waals surface area contributed by atoms with Crippen molar-refractivity contribution in [3.8, 4) is 23.1 Å². The maximum atomic E-state index is 11.5. The summed E-state index contributed by atoms with van der Waals surface area (Å²) in [6.07, 6.45) is 5.07. The highest BCUT2D eigenvalue weighted by molar-refractivity contribution is 5.71. The Bertz CT molecular complexity index is 1250. The molecule has 2 aliphatic rings. The molecule has 3 aromatic rings. The van der Waals surface area contributed by atoms with Crippen LogP contribution in [-0.2, 0) is 29.8 Å². The van der Waals surface area contributed by atoms with Crippen LogP contribution in [0.4, 0.5) is 0 Å². The average molecular weight is 495 g/mol. The van der Waals surface area contributed by atoms with E-state index < -0.39 is 5.97 Å². The molecule has 0 amide bonds. The minimum absolute atomic E-state index is 0.0165. The zero-order chi connectivity index (χ0) is 25.2. The van der Waals surface area contributed by atoms with Gasteiger partial charge in [0, 0.05) is 20.4 Å². The molecule has 3 aromatic heterocycles. The Morgan fingerprint density at radius 2 is 2.03 bits per heavy atom. The highest BCUT2D eigenvalue weighted by Crippen LogP contribution is 2.48. The maximum absolute atomic E-state index is 11.5. The molecular formula is C25H30N6O5. The lowest BCUT2D eigenvalue weighted by Gasteiger charge is -2.18. The van der Waals surface area contributed by atoms with Crippen molar-refractivity contribution in [1.82, 2.24) is 29.9 Å². The van der Waals surface area contributed by atoms with Crippen molar-refractivity contribution < 1.29 is 24.1 Å². The van der Waals surface area contributed by atoms with Gasteiger partial charge in [0.25, 0.3) is 0 Å². The SMILES string of the molecule is COCc1ccnc(OCc2c(-c3ccc(O[C@H]4C[C@@H]5CC[C@H](C(=O)O)[C@@H]5C4)c(C)n3)nnn2C)n1. The number of ether oxygens (including phenoxy) is 3. The number of rotatable bonds is 9. The lowest BCUT2D eigenvalue weighted by molar-refractivity contribution is -0.143. The van der Waals surface area contributed by atoms with Gasteiger partial charge in [-0.25, -0.2) is 14.6 Å². The van der Waals surface area contributed by atoms with E-state index in [1.165, 1.54) is 0 Å². The van der Waals surface area contributed by atoms with Gasteiger partial charge in [0.1, 0.15) is 23.7 Å². The number of nitrogens with zero attached hydrogens (tertiary/aromatic N) is 6. The number of hydrogen-bond donors (Lipinski definition) is 1. The third-order valence-corrected chi connectivity index (χ3v) is 7.23. The second-order valence-electron chi connectivity index (χ2n) is 9.50. The normalized spacial score (nSPS) is 23.0. The Morgan fingerprint density at radius 3 is 2.81 bits per heavy atom. The van der Waals surface area contributed by atoms with Gasteiger partial charge in [0.15, 0.2) is 0 Å². The molecular weight excluding hydrogens is 464 g/mol. The van der Waals surface area contributed by atoms with E-state index in [1.54, 1.807) is 31.1 Å². The van der Waals surface area contributed by atoms with Gasteiger partial charge in [-0.15, -0.1) is 5.10 Å². The Hall–Kier alpha value is -3.60. The summed E-state index contributed by atoms with van der Waals surface area (Å²) in [7, 11) is 3.40. The first-order chi connectivity index (χ1) is 17.4. The van der Waals surface area contributed by atoms with Gasteiger partial charge < -0.3 is 19.3 Å². The fourth-order valence-corrected chi connectivity index (χ4v) is 5.47. The summed E-state index contributed by atoms with van der Waals surface area (Å²) >= 11 is 0. The Labute approximate surface area is 208 Å². The summed E-state index contributed by atoms with van der Waals surface area (Å²) in [5.41, 5.74) is 3.48. The molecule has 190 valence electrons. The Balaban J connectivity index is 1.27. The third kappa shape index (κ3) is 4.88. The fraction of sp³-hybridized carbons (Fsp3) is 0.520. The van der Waals surface area contributed by atoms with Crippen molar-refractivity contribution in [2.75, 3.05) is 7.11 Å². The molecule has 36 heavy (non-hydrogen) atoms. The van der Waals surface area contributed by atoms with E-state index in [-0.39, 0.29) is 30.6 Å². The van der Waals surface area contributed by atoms with Gasteiger partial charge >= 0.3 is 12.0 Å². The molecule has 2 saturated carbocycles. The minimum atomic E-state index is -0.677. The molecule has 0 bridgehead atoms. The molecule has 1 N–H and O–H groups in total. The zero-order valence-electron chi connectivity index (χ0n) is 20.6. The van der Waals surface area contributed by atoms with E-state index in [9.17, 15) is 9.90 Å². The molecule has 0 unspecified atom stereocenters. The molecule has 0 spiro atoms. The van der Waals surface area contributed by atoms with Gasteiger partial charge in [-0.05, 0) is 62.6 Å². The molecule has 0 aliphatic heterocycles. The molecule has 5 rings (SSSR count). The van der Waals surface area contributed by atoms with E-state index in [1.807, 2.05) is 19.1 Å². The predicted octanol–water partition coefficient (Wildman–Crippen LogP) is 2.97. The summed E-state index contributed by atoms with van der Waals surface area (Å²) in [5.74, 6) is 0.436. The summed E-state index contributed by atoms with van der Waals surface area (Å²) in [6.45, 7) is 2.44. The first-order valence-corrected chi connectivity index (χ1v) is 12.1. The summed E-state index contributed by atoms with van der Waals surface area (Å²) in [5, 5.41) is 17.9. The molecule has 0 radical (unpaired) electrons. The monoisotopic (exact) mass is 494 g/mol. The van der Waals surface area contributed by atoms with E-state index in [2.05, 4.69) is 20.3 Å². The number of hydrogen-bond acceptors (Lipinski definition) is 9. The number of carboxylic acid groups (broad SMARTS) is 1. The predicted molar refractivity (Wildman–Crippen MR) is 127 cm³/mol. The van der Waals surface area contributed by atoms with Gasteiger partial charge in [-0.1, -0.05) is 5.21 Å². The standard InChI is InChI=1S/C25H30N6O5/c1-14-22(36-17-10-15-4-5-18(24(32)33)19(15)11-17)7-6-20(27-14)23-21(31(2)30-29-23)13-35-25-26-9-8-16(28-25)12-34-3/h6-9,15,17-19H,4-5,10-13H2,1-3H3,(H,32,33)/t15-,17-,18-,19+/m0/s1. The van der Waals surface area contributed by atoms with Crippen LogP contribution in [-0.4, -0.2) is 54.2 Å². The summed E-state index contributed by atoms with van der Waals surface area (Å²) in [6, 6.07) is 5.78. The highest BCUT2D eigenvalue weighted by atomic mass is 16.5. The van der Waals surface area contributed by atoms with Crippen LogP contribution < -0.4 is 9.47 Å². The lowest BCUT2D eigenvalue weighted by atomic mass is 9.92. The van der Waals surface area contributed by atoms with Crippen LogP contribution in [0.1, 0.15) is 42.8 Å². The molecule has 3 heterocycles. The maximum Gasteiger partial charge on any atom is 0.317 e. The van der Waals surface area contributed by atoms with Crippen molar-refractivity contribution in [2.24, 2.45) is 24.8 Å². The summed E-state index contributed by atoms with van der Waals surface area (Å²) < 4.78 is 18.9. The minimum Gasteiger partial charge on any atom is -0.489 e.